The van der Waals surface area contributed by atoms with E-state index in [0.717, 1.165) is 12.8 Å². The van der Waals surface area contributed by atoms with Gasteiger partial charge in [-0.15, -0.1) is 11.3 Å². The zero-order valence-electron chi connectivity index (χ0n) is 20.5. The Balaban J connectivity index is 1.48. The van der Waals surface area contributed by atoms with Crippen molar-refractivity contribution in [2.24, 2.45) is 11.3 Å². The van der Waals surface area contributed by atoms with Crippen LogP contribution in [0, 0.1) is 11.3 Å². The van der Waals surface area contributed by atoms with E-state index in [1.807, 2.05) is 35.2 Å². The average molecular weight is 500 g/mol. The van der Waals surface area contributed by atoms with Crippen molar-refractivity contribution in [1.82, 2.24) is 4.90 Å². The molecule has 6 heteroatoms. The molecule has 3 aromatic rings. The summed E-state index contributed by atoms with van der Waals surface area (Å²) in [5.41, 5.74) is 2.43. The van der Waals surface area contributed by atoms with Gasteiger partial charge in [-0.3, -0.25) is 9.59 Å². The lowest BCUT2D eigenvalue weighted by Crippen LogP contribution is -2.60. The molecular weight excluding hydrogens is 470 g/mol. The van der Waals surface area contributed by atoms with Crippen molar-refractivity contribution in [1.29, 1.82) is 0 Å². The number of thiophene rings is 1. The molecule has 0 N–H and O–H groups in total. The molecule has 4 aliphatic rings. The summed E-state index contributed by atoms with van der Waals surface area (Å²) < 4.78 is 11.0. The maximum atomic E-state index is 13.9. The fourth-order valence-electron chi connectivity index (χ4n) is 7.40. The third kappa shape index (κ3) is 2.88. The van der Waals surface area contributed by atoms with E-state index in [2.05, 4.69) is 42.3 Å². The van der Waals surface area contributed by atoms with Crippen molar-refractivity contribution in [3.8, 4) is 5.75 Å². The number of hydrogen-bond acceptors (Lipinski definition) is 5. The second-order valence-corrected chi connectivity index (χ2v) is 11.0. The summed E-state index contributed by atoms with van der Waals surface area (Å²) in [6.45, 7) is 4.96. The second kappa shape index (κ2) is 8.34. The smallest absolute Gasteiger partial charge is 0.314 e. The highest BCUT2D eigenvalue weighted by Crippen LogP contribution is 2.70. The predicted octanol–water partition coefficient (Wildman–Crippen LogP) is 5.27. The third-order valence-corrected chi connectivity index (χ3v) is 9.88. The highest BCUT2D eigenvalue weighted by Gasteiger charge is 2.71. The van der Waals surface area contributed by atoms with Gasteiger partial charge in [-0.05, 0) is 41.5 Å². The monoisotopic (exact) mass is 499 g/mol. The first-order valence-electron chi connectivity index (χ1n) is 12.3. The summed E-state index contributed by atoms with van der Waals surface area (Å²) in [6, 6.07) is 20.2. The minimum atomic E-state index is -0.794. The van der Waals surface area contributed by atoms with Crippen molar-refractivity contribution in [3.05, 3.63) is 94.2 Å². The molecule has 2 aromatic carbocycles. The average Bonchev–Trinajstić information content (AvgIpc) is 3.60. The van der Waals surface area contributed by atoms with Gasteiger partial charge in [0.25, 0.3) is 5.91 Å². The lowest BCUT2D eigenvalue weighted by molar-refractivity contribution is -0.161. The minimum Gasteiger partial charge on any atom is -0.496 e. The van der Waals surface area contributed by atoms with E-state index in [1.54, 1.807) is 18.4 Å². The normalized spacial score (nSPS) is 27.8. The van der Waals surface area contributed by atoms with Crippen LogP contribution in [0.4, 0.5) is 0 Å². The lowest BCUT2D eigenvalue weighted by atomic mass is 9.43. The standard InChI is InChI=1S/C30H29NO4S/c1-19(21-11-7-8-12-24(21)34-2)27(32)31-17-25-29(20-9-5-4-6-10-20)15-13-22(26-23(29)14-16-36-26)30(25,18-31)28(33)35-3/h4-12,14,16,22,25H,1,13,15,17-18H2,2-3H3/t22-,25-,29-,30-/m0/s1. The number of hydrogen-bond donors (Lipinski definition) is 0. The van der Waals surface area contributed by atoms with E-state index in [0.29, 0.717) is 30.0 Å². The highest BCUT2D eigenvalue weighted by atomic mass is 32.1. The number of methoxy groups -OCH3 is 2. The lowest BCUT2D eigenvalue weighted by Gasteiger charge is -2.58. The Bertz CT molecular complexity index is 1360. The first-order valence-corrected chi connectivity index (χ1v) is 13.2. The van der Waals surface area contributed by atoms with Crippen LogP contribution >= 0.6 is 11.3 Å². The fraction of sp³-hybridized carbons (Fsp3) is 0.333. The maximum Gasteiger partial charge on any atom is 0.314 e. The molecule has 1 saturated heterocycles. The largest absolute Gasteiger partial charge is 0.496 e. The Hall–Kier alpha value is -3.38. The zero-order chi connectivity index (χ0) is 25.1. The number of amides is 1. The summed E-state index contributed by atoms with van der Waals surface area (Å²) in [6.07, 6.45) is 1.84. The van der Waals surface area contributed by atoms with E-state index in [9.17, 15) is 9.59 Å². The number of carbonyl (C=O) groups is 2. The van der Waals surface area contributed by atoms with Gasteiger partial charge in [0.2, 0.25) is 0 Å². The summed E-state index contributed by atoms with van der Waals surface area (Å²) in [4.78, 5) is 30.8. The number of ether oxygens (including phenoxy) is 2. The van der Waals surface area contributed by atoms with Crippen LogP contribution in [0.1, 0.15) is 40.3 Å². The molecule has 0 spiro atoms. The van der Waals surface area contributed by atoms with Crippen LogP contribution in [0.25, 0.3) is 5.57 Å². The molecule has 7 rings (SSSR count). The van der Waals surface area contributed by atoms with Gasteiger partial charge < -0.3 is 14.4 Å². The van der Waals surface area contributed by atoms with Crippen molar-refractivity contribution < 1.29 is 19.1 Å². The van der Waals surface area contributed by atoms with E-state index in [-0.39, 0.29) is 29.1 Å². The van der Waals surface area contributed by atoms with Gasteiger partial charge in [0, 0.05) is 46.4 Å². The Labute approximate surface area is 215 Å². The van der Waals surface area contributed by atoms with Crippen molar-refractivity contribution in [3.63, 3.8) is 0 Å². The molecular formula is C30H29NO4S. The predicted molar refractivity (Wildman–Crippen MR) is 140 cm³/mol. The molecule has 1 amide bonds. The zero-order valence-corrected chi connectivity index (χ0v) is 21.3. The number of carbonyl (C=O) groups excluding carboxylic acids is 2. The molecule has 184 valence electrons. The molecule has 5 nitrogen and oxygen atoms in total. The molecule has 2 fully saturated rings. The molecule has 0 radical (unpaired) electrons. The van der Waals surface area contributed by atoms with Crippen LogP contribution < -0.4 is 4.74 Å². The number of likely N-dealkylation sites (tertiary alicyclic amines) is 1. The first kappa shape index (κ1) is 23.0. The van der Waals surface area contributed by atoms with E-state index < -0.39 is 5.41 Å². The van der Waals surface area contributed by atoms with Crippen LogP contribution in [0.3, 0.4) is 0 Å². The summed E-state index contributed by atoms with van der Waals surface area (Å²) in [5, 5.41) is 2.15. The maximum absolute atomic E-state index is 13.9. The van der Waals surface area contributed by atoms with Gasteiger partial charge >= 0.3 is 5.97 Å². The second-order valence-electron chi connectivity index (χ2n) is 10.1. The van der Waals surface area contributed by atoms with E-state index in [1.165, 1.54) is 23.1 Å². The topological polar surface area (TPSA) is 55.8 Å². The Kier molecular flexibility index (Phi) is 5.34. The first-order chi connectivity index (χ1) is 17.5. The molecule has 1 aliphatic heterocycles. The minimum absolute atomic E-state index is 0.0351. The Morgan fingerprint density at radius 2 is 1.81 bits per heavy atom. The van der Waals surface area contributed by atoms with Gasteiger partial charge in [-0.1, -0.05) is 55.1 Å². The quantitative estimate of drug-likeness (QED) is 0.355. The molecule has 36 heavy (non-hydrogen) atoms. The number of nitrogens with zero attached hydrogens (tertiary/aromatic N) is 1. The number of rotatable bonds is 5. The van der Waals surface area contributed by atoms with Crippen LogP contribution in [0.15, 0.2) is 72.6 Å². The van der Waals surface area contributed by atoms with Gasteiger partial charge in [-0.2, -0.15) is 0 Å². The summed E-state index contributed by atoms with van der Waals surface area (Å²) in [5.74, 6) is 0.180. The number of benzene rings is 2. The summed E-state index contributed by atoms with van der Waals surface area (Å²) in [7, 11) is 3.06. The Morgan fingerprint density at radius 1 is 1.06 bits per heavy atom. The number of para-hydroxylation sites is 1. The molecule has 3 aliphatic carbocycles. The molecule has 2 bridgehead atoms. The van der Waals surface area contributed by atoms with Crippen LogP contribution in [0.5, 0.6) is 5.75 Å². The highest BCUT2D eigenvalue weighted by molar-refractivity contribution is 7.10. The van der Waals surface area contributed by atoms with Gasteiger partial charge in [0.05, 0.1) is 19.6 Å². The van der Waals surface area contributed by atoms with Crippen LogP contribution in [-0.2, 0) is 19.7 Å². The third-order valence-electron chi connectivity index (χ3n) is 8.85. The van der Waals surface area contributed by atoms with Crippen molar-refractivity contribution in [2.45, 2.75) is 24.2 Å². The van der Waals surface area contributed by atoms with E-state index >= 15 is 0 Å². The van der Waals surface area contributed by atoms with E-state index in [4.69, 9.17) is 9.47 Å². The van der Waals surface area contributed by atoms with Crippen LogP contribution in [0.2, 0.25) is 0 Å². The molecule has 4 atom stereocenters. The number of fused-ring (bicyclic) bond motifs is 1. The summed E-state index contributed by atoms with van der Waals surface area (Å²) >= 11 is 1.73. The van der Waals surface area contributed by atoms with Crippen molar-refractivity contribution >= 4 is 28.8 Å². The molecule has 1 aromatic heterocycles. The van der Waals surface area contributed by atoms with Gasteiger partial charge in [0.1, 0.15) is 5.75 Å². The van der Waals surface area contributed by atoms with Gasteiger partial charge in [-0.25, -0.2) is 0 Å². The molecule has 1 saturated carbocycles. The molecule has 2 heterocycles. The van der Waals surface area contributed by atoms with Crippen molar-refractivity contribution in [2.75, 3.05) is 27.3 Å². The Morgan fingerprint density at radius 3 is 2.56 bits per heavy atom. The number of esters is 1. The fourth-order valence-corrected chi connectivity index (χ4v) is 8.62. The SMILES string of the molecule is C=C(C(=O)N1C[C@H]2[C@]3(c4ccccc4)CC[C@@H](c4sccc43)[C@@]2(C(=O)OC)C1)c1ccccc1OC. The van der Waals surface area contributed by atoms with Gasteiger partial charge in [0.15, 0.2) is 0 Å². The van der Waals surface area contributed by atoms with Crippen LogP contribution in [-0.4, -0.2) is 44.1 Å². The molecule has 0 unspecified atom stereocenters.